The third-order valence-corrected chi connectivity index (χ3v) is 5.12. The fourth-order valence-corrected chi connectivity index (χ4v) is 3.76. The van der Waals surface area contributed by atoms with Gasteiger partial charge in [-0.3, -0.25) is 4.98 Å². The van der Waals surface area contributed by atoms with Crippen LogP contribution in [0.1, 0.15) is 20.3 Å². The van der Waals surface area contributed by atoms with Gasteiger partial charge in [-0.15, -0.1) is 0 Å². The number of hydrogen-bond donors (Lipinski definition) is 2. The smallest absolute Gasteiger partial charge is 0.423 e. The van der Waals surface area contributed by atoms with E-state index in [0.717, 1.165) is 6.42 Å². The number of hydrogen-bond acceptors (Lipinski definition) is 5. The Labute approximate surface area is 113 Å². The molecule has 1 fully saturated rings. The first-order chi connectivity index (χ1) is 8.72. The molecule has 0 aromatic carbocycles. The molecule has 6 nitrogen and oxygen atoms in total. The summed E-state index contributed by atoms with van der Waals surface area (Å²) in [7, 11) is -5.34. The van der Waals surface area contributed by atoms with Gasteiger partial charge in [-0.05, 0) is 17.9 Å². The van der Waals surface area contributed by atoms with E-state index in [-0.39, 0.29) is 15.8 Å². The Hall–Kier alpha value is -0.955. The molecule has 104 valence electrons. The maximum absolute atomic E-state index is 12.4. The average molecular weight is 284 g/mol. The molecule has 2 heterocycles. The Morgan fingerprint density at radius 2 is 2.05 bits per heavy atom. The second kappa shape index (κ2) is 4.86. The van der Waals surface area contributed by atoms with Gasteiger partial charge >= 0.3 is 7.12 Å². The zero-order chi connectivity index (χ0) is 14.3. The van der Waals surface area contributed by atoms with Gasteiger partial charge in [-0.1, -0.05) is 13.8 Å². The molecule has 19 heavy (non-hydrogen) atoms. The van der Waals surface area contributed by atoms with Crippen LogP contribution in [0.4, 0.5) is 0 Å². The van der Waals surface area contributed by atoms with Crippen molar-refractivity contribution in [2.75, 3.05) is 13.1 Å². The van der Waals surface area contributed by atoms with Crippen molar-refractivity contribution in [1.29, 1.82) is 0 Å². The Bertz CT molecular complexity index is 574. The first-order valence-electron chi connectivity index (χ1n) is 6.04. The molecular formula is C11H17BN2O4S. The molecule has 0 aliphatic carbocycles. The number of nitrogens with zero attached hydrogens (tertiary/aromatic N) is 2. The van der Waals surface area contributed by atoms with Crippen LogP contribution < -0.4 is 5.46 Å². The van der Waals surface area contributed by atoms with Crippen molar-refractivity contribution < 1.29 is 18.5 Å². The van der Waals surface area contributed by atoms with Gasteiger partial charge in [0, 0.05) is 30.9 Å². The van der Waals surface area contributed by atoms with Crippen LogP contribution in [0.2, 0.25) is 0 Å². The van der Waals surface area contributed by atoms with Gasteiger partial charge in [0.25, 0.3) is 0 Å². The fourth-order valence-electron chi connectivity index (χ4n) is 2.13. The zero-order valence-electron chi connectivity index (χ0n) is 10.9. The fraction of sp³-hybridized carbons (Fsp3) is 0.545. The predicted molar refractivity (Wildman–Crippen MR) is 71.2 cm³/mol. The van der Waals surface area contributed by atoms with Crippen molar-refractivity contribution in [3.63, 3.8) is 0 Å². The summed E-state index contributed by atoms with van der Waals surface area (Å²) >= 11 is 0. The predicted octanol–water partition coefficient (Wildman–Crippen LogP) is -0.818. The van der Waals surface area contributed by atoms with Gasteiger partial charge < -0.3 is 10.0 Å². The highest BCUT2D eigenvalue weighted by molar-refractivity contribution is 7.89. The number of rotatable bonds is 3. The Kier molecular flexibility index (Phi) is 3.70. The van der Waals surface area contributed by atoms with Crippen LogP contribution in [-0.4, -0.2) is 48.0 Å². The molecule has 0 saturated carbocycles. The van der Waals surface area contributed by atoms with Crippen LogP contribution >= 0.6 is 0 Å². The summed E-state index contributed by atoms with van der Waals surface area (Å²) in [5.41, 5.74) is 0.0359. The van der Waals surface area contributed by atoms with Crippen LogP contribution in [0.3, 0.4) is 0 Å². The van der Waals surface area contributed by atoms with Gasteiger partial charge in [0.15, 0.2) is 0 Å². The molecule has 8 heteroatoms. The standard InChI is InChI=1S/C11H17BN2O4S/c1-11(2)3-4-14(8-11)19(17,18)10-5-9(12(15)16)6-13-7-10/h5-7,15-16H,3-4,8H2,1-2H3. The summed E-state index contributed by atoms with van der Waals surface area (Å²) in [4.78, 5) is 3.75. The third-order valence-electron chi connectivity index (χ3n) is 3.31. The minimum atomic E-state index is -3.62. The summed E-state index contributed by atoms with van der Waals surface area (Å²) in [6, 6.07) is 1.25. The number of sulfonamides is 1. The third kappa shape index (κ3) is 2.97. The molecule has 0 radical (unpaired) electrons. The number of aromatic nitrogens is 1. The van der Waals surface area contributed by atoms with Crippen molar-refractivity contribution in [3.8, 4) is 0 Å². The molecule has 1 saturated heterocycles. The summed E-state index contributed by atoms with van der Waals surface area (Å²) in [5.74, 6) is 0. The zero-order valence-corrected chi connectivity index (χ0v) is 11.8. The summed E-state index contributed by atoms with van der Waals surface area (Å²) in [6.07, 6.45) is 3.27. The van der Waals surface area contributed by atoms with Crippen molar-refractivity contribution >= 4 is 22.6 Å². The lowest BCUT2D eigenvalue weighted by Gasteiger charge is -2.19. The highest BCUT2D eigenvalue weighted by Gasteiger charge is 2.37. The quantitative estimate of drug-likeness (QED) is 0.708. The van der Waals surface area contributed by atoms with Gasteiger partial charge in [-0.2, -0.15) is 4.31 Å². The minimum Gasteiger partial charge on any atom is -0.423 e. The van der Waals surface area contributed by atoms with Crippen molar-refractivity contribution in [3.05, 3.63) is 18.5 Å². The monoisotopic (exact) mass is 284 g/mol. The molecule has 0 amide bonds. The van der Waals surface area contributed by atoms with E-state index >= 15 is 0 Å². The van der Waals surface area contributed by atoms with E-state index in [0.29, 0.717) is 13.1 Å². The largest absolute Gasteiger partial charge is 0.490 e. The van der Waals surface area contributed by atoms with Crippen LogP contribution in [-0.2, 0) is 10.0 Å². The van der Waals surface area contributed by atoms with E-state index in [1.165, 1.54) is 22.8 Å². The lowest BCUT2D eigenvalue weighted by atomic mass is 9.82. The highest BCUT2D eigenvalue weighted by atomic mass is 32.2. The maximum atomic E-state index is 12.4. The molecule has 0 spiro atoms. The van der Waals surface area contributed by atoms with Crippen LogP contribution in [0.15, 0.2) is 23.4 Å². The van der Waals surface area contributed by atoms with Gasteiger partial charge in [0.1, 0.15) is 4.90 Å². The minimum absolute atomic E-state index is 0.00389. The molecular weight excluding hydrogens is 267 g/mol. The van der Waals surface area contributed by atoms with E-state index in [9.17, 15) is 8.42 Å². The van der Waals surface area contributed by atoms with Crippen LogP contribution in [0.25, 0.3) is 0 Å². The van der Waals surface area contributed by atoms with Crippen molar-refractivity contribution in [2.24, 2.45) is 5.41 Å². The molecule has 0 atom stereocenters. The summed E-state index contributed by atoms with van der Waals surface area (Å²) < 4.78 is 26.3. The lowest BCUT2D eigenvalue weighted by molar-refractivity contribution is 0.375. The lowest BCUT2D eigenvalue weighted by Crippen LogP contribution is -2.34. The molecule has 0 bridgehead atoms. The van der Waals surface area contributed by atoms with Gasteiger partial charge in [0.05, 0.1) is 0 Å². The molecule has 1 aromatic rings. The normalized spacial score (nSPS) is 19.6. The highest BCUT2D eigenvalue weighted by Crippen LogP contribution is 2.32. The van der Waals surface area contributed by atoms with E-state index in [1.54, 1.807) is 0 Å². The molecule has 0 unspecified atom stereocenters. The molecule has 1 aliphatic rings. The first kappa shape index (κ1) is 14.5. The van der Waals surface area contributed by atoms with Crippen molar-refractivity contribution in [1.82, 2.24) is 9.29 Å². The Balaban J connectivity index is 2.33. The van der Waals surface area contributed by atoms with E-state index in [2.05, 4.69) is 4.98 Å². The Morgan fingerprint density at radius 3 is 2.58 bits per heavy atom. The summed E-state index contributed by atoms with van der Waals surface area (Å²) in [5, 5.41) is 18.1. The molecule has 1 aromatic heterocycles. The van der Waals surface area contributed by atoms with E-state index in [4.69, 9.17) is 10.0 Å². The molecule has 2 N–H and O–H groups in total. The first-order valence-corrected chi connectivity index (χ1v) is 7.48. The van der Waals surface area contributed by atoms with E-state index < -0.39 is 17.1 Å². The molecule has 2 rings (SSSR count). The van der Waals surface area contributed by atoms with Crippen LogP contribution in [0.5, 0.6) is 0 Å². The second-order valence-electron chi connectivity index (χ2n) is 5.58. The average Bonchev–Trinajstić information content (AvgIpc) is 2.70. The summed E-state index contributed by atoms with van der Waals surface area (Å²) in [6.45, 7) is 4.98. The van der Waals surface area contributed by atoms with E-state index in [1.807, 2.05) is 13.8 Å². The topological polar surface area (TPSA) is 90.7 Å². The molecule has 1 aliphatic heterocycles. The van der Waals surface area contributed by atoms with Gasteiger partial charge in [0.2, 0.25) is 10.0 Å². The van der Waals surface area contributed by atoms with Crippen molar-refractivity contribution in [2.45, 2.75) is 25.2 Å². The second-order valence-corrected chi connectivity index (χ2v) is 7.52. The van der Waals surface area contributed by atoms with Gasteiger partial charge in [-0.25, -0.2) is 8.42 Å². The number of pyridine rings is 1. The SMILES string of the molecule is CC1(C)CCN(S(=O)(=O)c2cncc(B(O)O)c2)C1. The Morgan fingerprint density at radius 1 is 1.37 bits per heavy atom. The van der Waals surface area contributed by atoms with Crippen LogP contribution in [0, 0.1) is 5.41 Å². The maximum Gasteiger partial charge on any atom is 0.490 e.